The maximum Gasteiger partial charge on any atom is 0.389 e. The molecule has 0 radical (unpaired) electrons. The number of sulfonamides is 1. The zero-order valence-corrected chi connectivity index (χ0v) is 9.66. The largest absolute Gasteiger partial charge is 0.389 e. The Morgan fingerprint density at radius 3 is 2.44 bits per heavy atom. The molecule has 0 aromatic heterocycles. The van der Waals surface area contributed by atoms with Crippen LogP contribution in [0.2, 0.25) is 0 Å². The van der Waals surface area contributed by atoms with E-state index in [1.54, 1.807) is 6.92 Å². The SMILES string of the molecule is C#CCC(C)NS(=O)(=O)CCCC(F)(F)F. The summed E-state index contributed by atoms with van der Waals surface area (Å²) >= 11 is 0. The molecule has 7 heteroatoms. The summed E-state index contributed by atoms with van der Waals surface area (Å²) in [6.07, 6.45) is -0.683. The molecule has 1 atom stereocenters. The number of hydrogen-bond acceptors (Lipinski definition) is 2. The minimum atomic E-state index is -4.32. The smallest absolute Gasteiger partial charge is 0.212 e. The van der Waals surface area contributed by atoms with Crippen LogP contribution in [0.4, 0.5) is 13.2 Å². The van der Waals surface area contributed by atoms with Gasteiger partial charge in [-0.15, -0.1) is 12.3 Å². The van der Waals surface area contributed by atoms with Crippen LogP contribution >= 0.6 is 0 Å². The van der Waals surface area contributed by atoms with Gasteiger partial charge < -0.3 is 0 Å². The first-order valence-corrected chi connectivity index (χ1v) is 6.32. The zero-order valence-electron chi connectivity index (χ0n) is 8.84. The van der Waals surface area contributed by atoms with Crippen LogP contribution in [0, 0.1) is 12.3 Å². The standard InChI is InChI=1S/C9H14F3NO2S/c1-3-5-8(2)13-16(14,15)7-4-6-9(10,11)12/h1,8,13H,4-7H2,2H3. The van der Waals surface area contributed by atoms with Crippen LogP contribution in [0.3, 0.4) is 0 Å². The number of terminal acetylenes is 1. The number of halogens is 3. The Kier molecular flexibility index (Phi) is 5.83. The molecule has 94 valence electrons. The van der Waals surface area contributed by atoms with E-state index in [9.17, 15) is 21.6 Å². The summed E-state index contributed by atoms with van der Waals surface area (Å²) in [5.41, 5.74) is 0. The predicted molar refractivity (Wildman–Crippen MR) is 55.1 cm³/mol. The summed E-state index contributed by atoms with van der Waals surface area (Å²) in [6.45, 7) is 1.56. The maximum absolute atomic E-state index is 11.8. The molecule has 16 heavy (non-hydrogen) atoms. The highest BCUT2D eigenvalue weighted by Gasteiger charge is 2.27. The minimum Gasteiger partial charge on any atom is -0.212 e. The van der Waals surface area contributed by atoms with E-state index >= 15 is 0 Å². The van der Waals surface area contributed by atoms with Crippen LogP contribution in [0.15, 0.2) is 0 Å². The van der Waals surface area contributed by atoms with Gasteiger partial charge in [-0.05, 0) is 13.3 Å². The van der Waals surface area contributed by atoms with E-state index in [2.05, 4.69) is 10.6 Å². The highest BCUT2D eigenvalue weighted by atomic mass is 32.2. The molecule has 0 aliphatic carbocycles. The first kappa shape index (κ1) is 15.3. The van der Waals surface area contributed by atoms with Crippen molar-refractivity contribution in [2.75, 3.05) is 5.75 Å². The average molecular weight is 257 g/mol. The van der Waals surface area contributed by atoms with Crippen LogP contribution in [0.25, 0.3) is 0 Å². The first-order valence-electron chi connectivity index (χ1n) is 4.66. The molecular weight excluding hydrogens is 243 g/mol. The van der Waals surface area contributed by atoms with Crippen molar-refractivity contribution in [1.29, 1.82) is 0 Å². The van der Waals surface area contributed by atoms with Gasteiger partial charge in [0.1, 0.15) is 0 Å². The van der Waals surface area contributed by atoms with Crippen molar-refractivity contribution in [3.05, 3.63) is 0 Å². The Morgan fingerprint density at radius 2 is 2.00 bits per heavy atom. The van der Waals surface area contributed by atoms with E-state index in [-0.39, 0.29) is 6.42 Å². The van der Waals surface area contributed by atoms with Gasteiger partial charge in [-0.1, -0.05) is 0 Å². The molecule has 0 bridgehead atoms. The van der Waals surface area contributed by atoms with Crippen LogP contribution in [-0.2, 0) is 10.0 Å². The third kappa shape index (κ3) is 8.56. The fraction of sp³-hybridized carbons (Fsp3) is 0.778. The molecule has 0 aromatic rings. The number of alkyl halides is 3. The third-order valence-corrected chi connectivity index (χ3v) is 3.27. The molecule has 3 nitrogen and oxygen atoms in total. The molecule has 0 amide bonds. The van der Waals surface area contributed by atoms with E-state index in [0.717, 1.165) is 0 Å². The molecule has 0 heterocycles. The van der Waals surface area contributed by atoms with Crippen molar-refractivity contribution in [2.24, 2.45) is 0 Å². The van der Waals surface area contributed by atoms with Crippen molar-refractivity contribution in [2.45, 2.75) is 38.4 Å². The van der Waals surface area contributed by atoms with Gasteiger partial charge in [-0.2, -0.15) is 13.2 Å². The Balaban J connectivity index is 4.03. The van der Waals surface area contributed by atoms with Crippen molar-refractivity contribution in [3.8, 4) is 12.3 Å². The lowest BCUT2D eigenvalue weighted by atomic mass is 10.3. The average Bonchev–Trinajstić information content (AvgIpc) is 1.99. The number of hydrogen-bond donors (Lipinski definition) is 1. The van der Waals surface area contributed by atoms with E-state index < -0.39 is 40.8 Å². The summed E-state index contributed by atoms with van der Waals surface area (Å²) in [5, 5.41) is 0. The Hall–Kier alpha value is -0.740. The minimum absolute atomic E-state index is 0.207. The molecule has 1 N–H and O–H groups in total. The van der Waals surface area contributed by atoms with E-state index in [0.29, 0.717) is 0 Å². The molecule has 0 saturated carbocycles. The molecule has 1 unspecified atom stereocenters. The molecular formula is C9H14F3NO2S. The second-order valence-electron chi connectivity index (χ2n) is 3.46. The normalized spacial score (nSPS) is 14.4. The topological polar surface area (TPSA) is 46.2 Å². The molecule has 0 saturated heterocycles. The fourth-order valence-corrected chi connectivity index (χ4v) is 2.39. The molecule has 0 aliphatic rings. The van der Waals surface area contributed by atoms with Gasteiger partial charge in [-0.3, -0.25) is 0 Å². The molecule has 0 fully saturated rings. The maximum atomic E-state index is 11.8. The van der Waals surface area contributed by atoms with Gasteiger partial charge in [0.25, 0.3) is 0 Å². The second-order valence-corrected chi connectivity index (χ2v) is 5.34. The van der Waals surface area contributed by atoms with Crippen molar-refractivity contribution >= 4 is 10.0 Å². The van der Waals surface area contributed by atoms with Crippen LogP contribution in [0.5, 0.6) is 0 Å². The Morgan fingerprint density at radius 1 is 1.44 bits per heavy atom. The fourth-order valence-electron chi connectivity index (χ4n) is 1.05. The van der Waals surface area contributed by atoms with Crippen LogP contribution < -0.4 is 4.72 Å². The van der Waals surface area contributed by atoms with Gasteiger partial charge in [0.05, 0.1) is 5.75 Å². The Bertz CT molecular complexity index is 343. The van der Waals surface area contributed by atoms with E-state index in [1.807, 2.05) is 0 Å². The summed E-state index contributed by atoms with van der Waals surface area (Å²) in [4.78, 5) is 0. The lowest BCUT2D eigenvalue weighted by Gasteiger charge is -2.12. The first-order chi connectivity index (χ1) is 7.16. The monoisotopic (exact) mass is 257 g/mol. The third-order valence-electron chi connectivity index (χ3n) is 1.68. The summed E-state index contributed by atoms with van der Waals surface area (Å²) in [7, 11) is -3.67. The zero-order chi connectivity index (χ0) is 12.8. The summed E-state index contributed by atoms with van der Waals surface area (Å²) in [5.74, 6) is 1.72. The van der Waals surface area contributed by atoms with Crippen molar-refractivity contribution in [1.82, 2.24) is 4.72 Å². The van der Waals surface area contributed by atoms with Crippen molar-refractivity contribution in [3.63, 3.8) is 0 Å². The highest BCUT2D eigenvalue weighted by molar-refractivity contribution is 7.89. The summed E-state index contributed by atoms with van der Waals surface area (Å²) < 4.78 is 60.0. The molecule has 0 spiro atoms. The number of nitrogens with one attached hydrogen (secondary N) is 1. The lowest BCUT2D eigenvalue weighted by Crippen LogP contribution is -2.34. The second kappa shape index (κ2) is 6.11. The Labute approximate surface area is 93.5 Å². The predicted octanol–water partition coefficient (Wildman–Crippen LogP) is 1.66. The van der Waals surface area contributed by atoms with Gasteiger partial charge in [0.15, 0.2) is 0 Å². The molecule has 0 rings (SSSR count). The summed E-state index contributed by atoms with van der Waals surface area (Å²) in [6, 6.07) is -0.458. The van der Waals surface area contributed by atoms with E-state index in [4.69, 9.17) is 6.42 Å². The van der Waals surface area contributed by atoms with Crippen LogP contribution in [0.1, 0.15) is 26.2 Å². The quantitative estimate of drug-likeness (QED) is 0.736. The van der Waals surface area contributed by atoms with Gasteiger partial charge in [0.2, 0.25) is 10.0 Å². The van der Waals surface area contributed by atoms with Gasteiger partial charge in [0, 0.05) is 18.9 Å². The lowest BCUT2D eigenvalue weighted by molar-refractivity contribution is -0.134. The van der Waals surface area contributed by atoms with E-state index in [1.165, 1.54) is 0 Å². The van der Waals surface area contributed by atoms with Crippen molar-refractivity contribution < 1.29 is 21.6 Å². The molecule has 0 aliphatic heterocycles. The van der Waals surface area contributed by atoms with Gasteiger partial charge in [-0.25, -0.2) is 13.1 Å². The van der Waals surface area contributed by atoms with Gasteiger partial charge >= 0.3 is 6.18 Å². The highest BCUT2D eigenvalue weighted by Crippen LogP contribution is 2.21. The molecule has 0 aromatic carbocycles. The number of rotatable bonds is 6. The van der Waals surface area contributed by atoms with Crippen LogP contribution in [-0.4, -0.2) is 26.4 Å².